The van der Waals surface area contributed by atoms with Crippen molar-refractivity contribution in [3.8, 4) is 16.6 Å². The van der Waals surface area contributed by atoms with Crippen molar-refractivity contribution >= 4 is 34.3 Å². The average Bonchev–Trinajstić information content (AvgIpc) is 3.23. The standard InChI is InChI=1S/C20H18N2S2/c1-20(2,3)16-8-6-14(7-9-16)11-15(12-21)19-22-17(13-24-19)18-5-4-10-23-18/h4-11,13H,1-3H3/b15-11+. The molecule has 0 unspecified atom stereocenters. The van der Waals surface area contributed by atoms with Crippen molar-refractivity contribution < 1.29 is 0 Å². The van der Waals surface area contributed by atoms with E-state index in [1.54, 1.807) is 11.3 Å². The molecule has 4 heteroatoms. The van der Waals surface area contributed by atoms with E-state index < -0.39 is 0 Å². The van der Waals surface area contributed by atoms with Gasteiger partial charge in [-0.25, -0.2) is 4.98 Å². The summed E-state index contributed by atoms with van der Waals surface area (Å²) in [6.45, 7) is 6.58. The molecule has 0 spiro atoms. The Balaban J connectivity index is 1.89. The molecule has 1 aromatic carbocycles. The predicted molar refractivity (Wildman–Crippen MR) is 104 cm³/mol. The van der Waals surface area contributed by atoms with Gasteiger partial charge in [0, 0.05) is 5.38 Å². The molecule has 0 radical (unpaired) electrons. The Morgan fingerprint density at radius 1 is 1.12 bits per heavy atom. The summed E-state index contributed by atoms with van der Waals surface area (Å²) in [5.41, 5.74) is 3.98. The number of hydrogen-bond donors (Lipinski definition) is 0. The highest BCUT2D eigenvalue weighted by Gasteiger charge is 2.13. The van der Waals surface area contributed by atoms with Gasteiger partial charge in [0.05, 0.1) is 16.1 Å². The molecule has 2 nitrogen and oxygen atoms in total. The molecule has 120 valence electrons. The van der Waals surface area contributed by atoms with Crippen LogP contribution in [0.3, 0.4) is 0 Å². The van der Waals surface area contributed by atoms with Gasteiger partial charge in [0.15, 0.2) is 0 Å². The molecule has 0 saturated heterocycles. The van der Waals surface area contributed by atoms with Crippen LogP contribution >= 0.6 is 22.7 Å². The first-order chi connectivity index (χ1) is 11.5. The lowest BCUT2D eigenvalue weighted by atomic mass is 9.86. The first-order valence-electron chi connectivity index (χ1n) is 7.69. The van der Waals surface area contributed by atoms with Gasteiger partial charge in [0.1, 0.15) is 11.1 Å². The van der Waals surface area contributed by atoms with Crippen LogP contribution in [-0.4, -0.2) is 4.98 Å². The van der Waals surface area contributed by atoms with Crippen LogP contribution in [0.1, 0.15) is 36.9 Å². The van der Waals surface area contributed by atoms with Gasteiger partial charge >= 0.3 is 0 Å². The molecule has 3 rings (SSSR count). The summed E-state index contributed by atoms with van der Waals surface area (Å²) in [6, 6.07) is 14.7. The van der Waals surface area contributed by atoms with Crippen molar-refractivity contribution in [3.05, 3.63) is 63.3 Å². The summed E-state index contributed by atoms with van der Waals surface area (Å²) in [7, 11) is 0. The maximum absolute atomic E-state index is 9.52. The number of aromatic nitrogens is 1. The van der Waals surface area contributed by atoms with Crippen molar-refractivity contribution in [1.29, 1.82) is 5.26 Å². The van der Waals surface area contributed by atoms with E-state index in [1.165, 1.54) is 16.9 Å². The number of rotatable bonds is 3. The van der Waals surface area contributed by atoms with E-state index in [2.05, 4.69) is 56.1 Å². The Hall–Kier alpha value is -2.22. The molecule has 0 N–H and O–H groups in total. The highest BCUT2D eigenvalue weighted by molar-refractivity contribution is 7.14. The van der Waals surface area contributed by atoms with Crippen molar-refractivity contribution in [1.82, 2.24) is 4.98 Å². The van der Waals surface area contributed by atoms with Gasteiger partial charge in [-0.1, -0.05) is 51.1 Å². The molecule has 2 heterocycles. The molecule has 0 amide bonds. The van der Waals surface area contributed by atoms with Gasteiger partial charge < -0.3 is 0 Å². The number of hydrogen-bond acceptors (Lipinski definition) is 4. The monoisotopic (exact) mass is 350 g/mol. The third kappa shape index (κ3) is 3.64. The van der Waals surface area contributed by atoms with Crippen LogP contribution in [-0.2, 0) is 5.41 Å². The zero-order valence-electron chi connectivity index (χ0n) is 13.9. The first kappa shape index (κ1) is 16.6. The zero-order chi connectivity index (χ0) is 17.2. The van der Waals surface area contributed by atoms with Gasteiger partial charge in [-0.2, -0.15) is 5.26 Å². The smallest absolute Gasteiger partial charge is 0.134 e. The minimum absolute atomic E-state index is 0.130. The number of allylic oxidation sites excluding steroid dienone is 1. The SMILES string of the molecule is CC(C)(C)c1ccc(/C=C(\C#N)c2nc(-c3cccs3)cs2)cc1. The fourth-order valence-corrected chi connectivity index (χ4v) is 3.87. The number of nitriles is 1. The van der Waals surface area contributed by atoms with Gasteiger partial charge in [-0.15, -0.1) is 22.7 Å². The van der Waals surface area contributed by atoms with E-state index >= 15 is 0 Å². The van der Waals surface area contributed by atoms with Gasteiger partial charge in [0.25, 0.3) is 0 Å². The fourth-order valence-electron chi connectivity index (χ4n) is 2.32. The molecular formula is C20H18N2S2. The lowest BCUT2D eigenvalue weighted by Crippen LogP contribution is -2.10. The maximum atomic E-state index is 9.52. The molecular weight excluding hydrogens is 332 g/mol. The van der Waals surface area contributed by atoms with Gasteiger partial charge in [0.2, 0.25) is 0 Å². The second-order valence-electron chi connectivity index (χ2n) is 6.56. The summed E-state index contributed by atoms with van der Waals surface area (Å²) >= 11 is 3.17. The van der Waals surface area contributed by atoms with E-state index in [1.807, 2.05) is 29.0 Å². The lowest BCUT2D eigenvalue weighted by molar-refractivity contribution is 0.590. The topological polar surface area (TPSA) is 36.7 Å². The number of nitrogens with zero attached hydrogens (tertiary/aromatic N) is 2. The quantitative estimate of drug-likeness (QED) is 0.525. The van der Waals surface area contributed by atoms with Crippen molar-refractivity contribution in [2.24, 2.45) is 0 Å². The third-order valence-electron chi connectivity index (χ3n) is 3.72. The van der Waals surface area contributed by atoms with Crippen LogP contribution in [0.4, 0.5) is 0 Å². The van der Waals surface area contributed by atoms with E-state index in [4.69, 9.17) is 0 Å². The Labute approximate surface area is 150 Å². The second kappa shape index (κ2) is 6.72. The van der Waals surface area contributed by atoms with Gasteiger partial charge in [-0.05, 0) is 34.1 Å². The van der Waals surface area contributed by atoms with Crippen molar-refractivity contribution in [2.45, 2.75) is 26.2 Å². The number of thiophene rings is 1. The van der Waals surface area contributed by atoms with E-state index in [0.717, 1.165) is 21.1 Å². The molecule has 2 aromatic heterocycles. The highest BCUT2D eigenvalue weighted by Crippen LogP contribution is 2.30. The summed E-state index contributed by atoms with van der Waals surface area (Å²) in [4.78, 5) is 5.74. The Morgan fingerprint density at radius 2 is 1.88 bits per heavy atom. The molecule has 0 aliphatic carbocycles. The molecule has 0 aliphatic rings. The first-order valence-corrected chi connectivity index (χ1v) is 9.45. The summed E-state index contributed by atoms with van der Waals surface area (Å²) in [5, 5.41) is 14.3. The zero-order valence-corrected chi connectivity index (χ0v) is 15.5. The van der Waals surface area contributed by atoms with E-state index in [0.29, 0.717) is 5.57 Å². The van der Waals surface area contributed by atoms with E-state index in [9.17, 15) is 5.26 Å². The third-order valence-corrected chi connectivity index (χ3v) is 5.48. The Kier molecular flexibility index (Phi) is 4.66. The minimum Gasteiger partial charge on any atom is -0.234 e. The maximum Gasteiger partial charge on any atom is 0.134 e. The Morgan fingerprint density at radius 3 is 2.46 bits per heavy atom. The number of benzene rings is 1. The molecule has 24 heavy (non-hydrogen) atoms. The summed E-state index contributed by atoms with van der Waals surface area (Å²) < 4.78 is 0. The number of thiazole rings is 1. The summed E-state index contributed by atoms with van der Waals surface area (Å²) in [6.07, 6.45) is 1.91. The van der Waals surface area contributed by atoms with Crippen LogP contribution in [0, 0.1) is 11.3 Å². The molecule has 3 aromatic rings. The van der Waals surface area contributed by atoms with Crippen molar-refractivity contribution in [2.75, 3.05) is 0 Å². The van der Waals surface area contributed by atoms with Crippen LogP contribution in [0.15, 0.2) is 47.2 Å². The van der Waals surface area contributed by atoms with Crippen molar-refractivity contribution in [3.63, 3.8) is 0 Å². The largest absolute Gasteiger partial charge is 0.234 e. The molecule has 0 fully saturated rings. The lowest BCUT2D eigenvalue weighted by Gasteiger charge is -2.18. The van der Waals surface area contributed by atoms with Crippen LogP contribution in [0.2, 0.25) is 0 Å². The highest BCUT2D eigenvalue weighted by atomic mass is 32.1. The van der Waals surface area contributed by atoms with Gasteiger partial charge in [-0.3, -0.25) is 0 Å². The molecule has 0 atom stereocenters. The molecule has 0 saturated carbocycles. The van der Waals surface area contributed by atoms with Crippen LogP contribution in [0.5, 0.6) is 0 Å². The van der Waals surface area contributed by atoms with E-state index in [-0.39, 0.29) is 5.41 Å². The average molecular weight is 351 g/mol. The minimum atomic E-state index is 0.130. The Bertz CT molecular complexity index is 887. The van der Waals surface area contributed by atoms with Crippen LogP contribution < -0.4 is 0 Å². The normalized spacial score (nSPS) is 12.2. The fraction of sp³-hybridized carbons (Fsp3) is 0.200. The molecule has 0 aliphatic heterocycles. The summed E-state index contributed by atoms with van der Waals surface area (Å²) in [5.74, 6) is 0. The van der Waals surface area contributed by atoms with Crippen LogP contribution in [0.25, 0.3) is 22.2 Å². The molecule has 0 bridgehead atoms. The second-order valence-corrected chi connectivity index (χ2v) is 8.36. The predicted octanol–water partition coefficient (Wildman–Crippen LogP) is 6.23.